The Kier molecular flexibility index (Phi) is 7.13. The Morgan fingerprint density at radius 2 is 1.84 bits per heavy atom. The normalized spacial score (nSPS) is 26.7. The number of sulfonamides is 1. The van der Waals surface area contributed by atoms with E-state index in [0.717, 1.165) is 77.3 Å². The predicted molar refractivity (Wildman–Crippen MR) is 121 cm³/mol. The van der Waals surface area contributed by atoms with Crippen LogP contribution in [0.3, 0.4) is 0 Å². The second kappa shape index (κ2) is 9.83. The monoisotopic (exact) mass is 449 g/mol. The van der Waals surface area contributed by atoms with Crippen molar-refractivity contribution >= 4 is 21.7 Å². The molecule has 9 heteroatoms. The number of carbonyl (C=O) groups excluding carboxylic acids is 1. The van der Waals surface area contributed by atoms with Crippen LogP contribution in [-0.2, 0) is 14.8 Å². The number of aromatic nitrogens is 1. The maximum atomic E-state index is 13.2. The summed E-state index contributed by atoms with van der Waals surface area (Å²) in [5.74, 6) is 1.50. The molecule has 0 spiro atoms. The van der Waals surface area contributed by atoms with E-state index in [9.17, 15) is 13.2 Å². The number of likely N-dealkylation sites (tertiary alicyclic amines) is 1. The summed E-state index contributed by atoms with van der Waals surface area (Å²) in [6.07, 6.45) is 7.59. The molecule has 4 rings (SSSR count). The number of rotatable bonds is 5. The van der Waals surface area contributed by atoms with Gasteiger partial charge in [-0.25, -0.2) is 13.4 Å². The van der Waals surface area contributed by atoms with Gasteiger partial charge in [-0.15, -0.1) is 0 Å². The number of piperazine rings is 1. The Hall–Kier alpha value is -1.71. The molecular weight excluding hydrogens is 414 g/mol. The van der Waals surface area contributed by atoms with Gasteiger partial charge in [0, 0.05) is 58.6 Å². The number of hydrogen-bond acceptors (Lipinski definition) is 6. The van der Waals surface area contributed by atoms with E-state index in [1.165, 1.54) is 10.6 Å². The molecule has 3 aliphatic rings. The zero-order valence-corrected chi connectivity index (χ0v) is 19.3. The van der Waals surface area contributed by atoms with Crippen molar-refractivity contribution in [2.24, 2.45) is 5.92 Å². The van der Waals surface area contributed by atoms with Gasteiger partial charge in [-0.1, -0.05) is 12.5 Å². The van der Waals surface area contributed by atoms with E-state index in [0.29, 0.717) is 18.9 Å². The number of piperidine rings is 2. The molecule has 8 nitrogen and oxygen atoms in total. The molecule has 31 heavy (non-hydrogen) atoms. The molecule has 3 saturated heterocycles. The number of nitrogens with zero attached hydrogens (tertiary/aromatic N) is 5. The summed E-state index contributed by atoms with van der Waals surface area (Å²) in [5.41, 5.74) is 0. The zero-order chi connectivity index (χ0) is 21.8. The first kappa shape index (κ1) is 22.5. The van der Waals surface area contributed by atoms with Crippen LogP contribution in [0.15, 0.2) is 24.4 Å². The summed E-state index contributed by atoms with van der Waals surface area (Å²) in [7, 11) is -3.36. The smallest absolute Gasteiger partial charge is 0.241 e. The fourth-order valence-electron chi connectivity index (χ4n) is 5.24. The molecule has 3 fully saturated rings. The highest BCUT2D eigenvalue weighted by molar-refractivity contribution is 7.88. The van der Waals surface area contributed by atoms with Gasteiger partial charge in [-0.2, -0.15) is 4.31 Å². The van der Waals surface area contributed by atoms with Crippen molar-refractivity contribution in [3.05, 3.63) is 24.4 Å². The standard InChI is InChI=1S/C22H35N5O3S/c1-31(29,30)27-12-5-3-8-20(27)22(28)26-11-6-7-19(18-26)17-24-13-15-25(16-14-24)21-9-2-4-10-23-21/h2,4,9-10,19-20H,3,5-8,11-18H2,1H3. The molecule has 0 bridgehead atoms. The average molecular weight is 450 g/mol. The molecule has 1 amide bonds. The predicted octanol–water partition coefficient (Wildman–Crippen LogP) is 1.26. The number of pyridine rings is 1. The number of carbonyl (C=O) groups is 1. The third kappa shape index (κ3) is 5.56. The van der Waals surface area contributed by atoms with E-state index in [-0.39, 0.29) is 5.91 Å². The lowest BCUT2D eigenvalue weighted by atomic mass is 9.95. The SMILES string of the molecule is CS(=O)(=O)N1CCCCC1C(=O)N1CCCC(CN2CCN(c3ccccn3)CC2)C1. The van der Waals surface area contributed by atoms with Gasteiger partial charge in [0.2, 0.25) is 15.9 Å². The van der Waals surface area contributed by atoms with E-state index < -0.39 is 16.1 Å². The molecule has 3 aliphatic heterocycles. The number of anilines is 1. The first-order chi connectivity index (χ1) is 14.9. The molecule has 0 aromatic carbocycles. The van der Waals surface area contributed by atoms with E-state index in [1.807, 2.05) is 23.2 Å². The van der Waals surface area contributed by atoms with E-state index in [1.54, 1.807) is 0 Å². The quantitative estimate of drug-likeness (QED) is 0.674. The summed E-state index contributed by atoms with van der Waals surface area (Å²) in [4.78, 5) is 24.5. The van der Waals surface area contributed by atoms with Crippen LogP contribution in [0.1, 0.15) is 32.1 Å². The molecule has 0 radical (unpaired) electrons. The van der Waals surface area contributed by atoms with Crippen LogP contribution in [0.5, 0.6) is 0 Å². The second-order valence-corrected chi connectivity index (χ2v) is 11.1. The average Bonchev–Trinajstić information content (AvgIpc) is 2.79. The van der Waals surface area contributed by atoms with E-state index >= 15 is 0 Å². The lowest BCUT2D eigenvalue weighted by Gasteiger charge is -2.41. The topological polar surface area (TPSA) is 77.1 Å². The minimum atomic E-state index is -3.36. The first-order valence-electron chi connectivity index (χ1n) is 11.6. The highest BCUT2D eigenvalue weighted by Crippen LogP contribution is 2.25. The van der Waals surface area contributed by atoms with Gasteiger partial charge in [0.15, 0.2) is 0 Å². The summed E-state index contributed by atoms with van der Waals surface area (Å²) in [6, 6.07) is 5.52. The maximum Gasteiger partial charge on any atom is 0.241 e. The highest BCUT2D eigenvalue weighted by Gasteiger charge is 2.38. The van der Waals surface area contributed by atoms with Gasteiger partial charge in [-0.3, -0.25) is 9.69 Å². The third-order valence-corrected chi connectivity index (χ3v) is 8.15. The molecule has 4 heterocycles. The largest absolute Gasteiger partial charge is 0.354 e. The summed E-state index contributed by atoms with van der Waals surface area (Å²) in [6.45, 7) is 6.91. The Morgan fingerprint density at radius 1 is 1.03 bits per heavy atom. The van der Waals surface area contributed by atoms with Crippen molar-refractivity contribution in [3.63, 3.8) is 0 Å². The van der Waals surface area contributed by atoms with E-state index in [4.69, 9.17) is 0 Å². The maximum absolute atomic E-state index is 13.2. The van der Waals surface area contributed by atoms with Crippen molar-refractivity contribution in [2.45, 2.75) is 38.1 Å². The van der Waals surface area contributed by atoms with Crippen molar-refractivity contribution < 1.29 is 13.2 Å². The minimum absolute atomic E-state index is 0.00907. The molecular formula is C22H35N5O3S. The molecule has 2 unspecified atom stereocenters. The molecule has 2 atom stereocenters. The van der Waals surface area contributed by atoms with Gasteiger partial charge < -0.3 is 9.80 Å². The highest BCUT2D eigenvalue weighted by atomic mass is 32.2. The van der Waals surface area contributed by atoms with Gasteiger partial charge in [0.05, 0.1) is 6.26 Å². The van der Waals surface area contributed by atoms with Crippen LogP contribution in [0.2, 0.25) is 0 Å². The second-order valence-electron chi connectivity index (χ2n) is 9.15. The number of amides is 1. The minimum Gasteiger partial charge on any atom is -0.354 e. The van der Waals surface area contributed by atoms with Gasteiger partial charge in [-0.05, 0) is 43.7 Å². The molecule has 1 aromatic heterocycles. The van der Waals surface area contributed by atoms with Crippen LogP contribution in [0, 0.1) is 5.92 Å². The van der Waals surface area contributed by atoms with Crippen LogP contribution in [0.4, 0.5) is 5.82 Å². The molecule has 0 aliphatic carbocycles. The number of hydrogen-bond donors (Lipinski definition) is 0. The van der Waals surface area contributed by atoms with Crippen LogP contribution < -0.4 is 4.90 Å². The molecule has 0 N–H and O–H groups in total. The first-order valence-corrected chi connectivity index (χ1v) is 13.4. The lowest BCUT2D eigenvalue weighted by molar-refractivity contribution is -0.138. The Labute approximate surface area is 186 Å². The molecule has 0 saturated carbocycles. The van der Waals surface area contributed by atoms with Crippen molar-refractivity contribution in [1.82, 2.24) is 19.1 Å². The van der Waals surface area contributed by atoms with Crippen LogP contribution in [-0.4, -0.2) is 98.1 Å². The lowest BCUT2D eigenvalue weighted by Crippen LogP contribution is -2.55. The van der Waals surface area contributed by atoms with Crippen LogP contribution in [0.25, 0.3) is 0 Å². The molecule has 172 valence electrons. The summed E-state index contributed by atoms with van der Waals surface area (Å²) < 4.78 is 25.8. The van der Waals surface area contributed by atoms with Gasteiger partial charge in [0.1, 0.15) is 11.9 Å². The van der Waals surface area contributed by atoms with Crippen molar-refractivity contribution in [1.29, 1.82) is 0 Å². The van der Waals surface area contributed by atoms with Crippen molar-refractivity contribution in [2.75, 3.05) is 63.5 Å². The zero-order valence-electron chi connectivity index (χ0n) is 18.5. The third-order valence-electron chi connectivity index (χ3n) is 6.86. The van der Waals surface area contributed by atoms with Crippen LogP contribution >= 0.6 is 0 Å². The summed E-state index contributed by atoms with van der Waals surface area (Å²) >= 11 is 0. The summed E-state index contributed by atoms with van der Waals surface area (Å²) in [5, 5.41) is 0. The molecule has 1 aromatic rings. The Balaban J connectivity index is 1.30. The Bertz CT molecular complexity index is 842. The Morgan fingerprint density at radius 3 is 2.55 bits per heavy atom. The van der Waals surface area contributed by atoms with Gasteiger partial charge in [0.25, 0.3) is 0 Å². The fraction of sp³-hybridized carbons (Fsp3) is 0.727. The van der Waals surface area contributed by atoms with Gasteiger partial charge >= 0.3 is 0 Å². The van der Waals surface area contributed by atoms with Crippen molar-refractivity contribution in [3.8, 4) is 0 Å². The fourth-order valence-corrected chi connectivity index (χ4v) is 6.36. The van der Waals surface area contributed by atoms with E-state index in [2.05, 4.69) is 20.9 Å².